The number of aromatic carboxylic acids is 1. The van der Waals surface area contributed by atoms with E-state index in [0.717, 1.165) is 80.0 Å². The number of pyridine rings is 1. The Morgan fingerprint density at radius 3 is 2.51 bits per heavy atom. The molecule has 3 N–H and O–H groups in total. The molecule has 1 aliphatic carbocycles. The lowest BCUT2D eigenvalue weighted by molar-refractivity contribution is -0.135. The molecule has 2 aromatic carbocycles. The highest BCUT2D eigenvalue weighted by atomic mass is 32.1. The van der Waals surface area contributed by atoms with Crippen LogP contribution in [-0.2, 0) is 16.1 Å². The smallest absolute Gasteiger partial charge is 0.335 e. The van der Waals surface area contributed by atoms with E-state index in [2.05, 4.69) is 17.1 Å². The molecule has 10 heteroatoms. The van der Waals surface area contributed by atoms with Crippen molar-refractivity contribution in [2.45, 2.75) is 58.4 Å². The minimum atomic E-state index is -0.992. The molecular formula is C35H37N5O4S. The van der Waals surface area contributed by atoms with Crippen molar-refractivity contribution in [1.82, 2.24) is 19.4 Å². The molecule has 0 bridgehead atoms. The first-order valence-corrected chi connectivity index (χ1v) is 16.5. The lowest BCUT2D eigenvalue weighted by Gasteiger charge is -2.28. The quantitative estimate of drug-likeness (QED) is 0.200. The maximum Gasteiger partial charge on any atom is 0.335 e. The van der Waals surface area contributed by atoms with Crippen LogP contribution in [0.5, 0.6) is 0 Å². The van der Waals surface area contributed by atoms with Crippen LogP contribution in [-0.4, -0.2) is 62.7 Å². The van der Waals surface area contributed by atoms with Crippen LogP contribution < -0.4 is 5.73 Å². The molecule has 7 rings (SSSR count). The zero-order valence-electron chi connectivity index (χ0n) is 25.6. The largest absolute Gasteiger partial charge is 0.478 e. The summed E-state index contributed by atoms with van der Waals surface area (Å²) in [5.74, 6) is -0.711. The van der Waals surface area contributed by atoms with Crippen LogP contribution in [0.3, 0.4) is 0 Å². The minimum absolute atomic E-state index is 0.0114. The number of carbonyl (C=O) groups excluding carboxylic acids is 1. The highest BCUT2D eigenvalue weighted by molar-refractivity contribution is 7.15. The Morgan fingerprint density at radius 2 is 1.80 bits per heavy atom. The molecule has 0 radical (unpaired) electrons. The molecule has 5 aromatic rings. The van der Waals surface area contributed by atoms with Crippen molar-refractivity contribution in [1.29, 1.82) is 0 Å². The molecular weight excluding hydrogens is 586 g/mol. The first-order valence-electron chi connectivity index (χ1n) is 15.7. The number of fused-ring (bicyclic) bond motifs is 2. The number of carbonyl (C=O) groups is 2. The minimum Gasteiger partial charge on any atom is -0.478 e. The molecule has 1 aliphatic heterocycles. The summed E-state index contributed by atoms with van der Waals surface area (Å²) in [6, 6.07) is 13.5. The molecule has 2 aliphatic rings. The second-order valence-corrected chi connectivity index (χ2v) is 13.4. The van der Waals surface area contributed by atoms with Crippen LogP contribution in [0, 0.1) is 13.8 Å². The summed E-state index contributed by atoms with van der Waals surface area (Å²) < 4.78 is 7.54. The summed E-state index contributed by atoms with van der Waals surface area (Å²) in [6.07, 6.45) is 5.58. The average molecular weight is 624 g/mol. The van der Waals surface area contributed by atoms with Gasteiger partial charge < -0.3 is 25.0 Å². The van der Waals surface area contributed by atoms with E-state index in [1.807, 2.05) is 41.5 Å². The van der Waals surface area contributed by atoms with Crippen molar-refractivity contribution in [3.8, 4) is 21.8 Å². The van der Waals surface area contributed by atoms with E-state index in [0.29, 0.717) is 37.9 Å². The molecule has 45 heavy (non-hydrogen) atoms. The first-order chi connectivity index (χ1) is 21.8. The van der Waals surface area contributed by atoms with Gasteiger partial charge in [-0.15, -0.1) is 11.3 Å². The number of carboxylic acids is 1. The molecule has 1 saturated carbocycles. The van der Waals surface area contributed by atoms with Crippen LogP contribution in [0.25, 0.3) is 43.6 Å². The Kier molecular flexibility index (Phi) is 7.79. The summed E-state index contributed by atoms with van der Waals surface area (Å²) in [7, 11) is 0. The van der Waals surface area contributed by atoms with E-state index in [1.165, 1.54) is 12.0 Å². The summed E-state index contributed by atoms with van der Waals surface area (Å²) in [5.41, 5.74) is 13.8. The molecule has 2 fully saturated rings. The van der Waals surface area contributed by atoms with E-state index in [1.54, 1.807) is 23.5 Å². The highest BCUT2D eigenvalue weighted by Crippen LogP contribution is 2.45. The number of nitrogens with two attached hydrogens (primary N) is 1. The van der Waals surface area contributed by atoms with Crippen molar-refractivity contribution in [3.63, 3.8) is 0 Å². The summed E-state index contributed by atoms with van der Waals surface area (Å²) in [6.45, 7) is 6.20. The summed E-state index contributed by atoms with van der Waals surface area (Å²) >= 11 is 1.62. The van der Waals surface area contributed by atoms with Gasteiger partial charge in [0.15, 0.2) is 0 Å². The van der Waals surface area contributed by atoms with Crippen LogP contribution in [0.15, 0.2) is 42.5 Å². The number of rotatable bonds is 6. The number of benzene rings is 2. The van der Waals surface area contributed by atoms with E-state index < -0.39 is 5.97 Å². The Labute approximate surface area is 265 Å². The third kappa shape index (κ3) is 5.46. The van der Waals surface area contributed by atoms with Gasteiger partial charge in [0.2, 0.25) is 5.91 Å². The Hall–Kier alpha value is -4.28. The van der Waals surface area contributed by atoms with Gasteiger partial charge in [0.1, 0.15) is 6.54 Å². The fourth-order valence-electron chi connectivity index (χ4n) is 7.13. The standard InChI is InChI=1S/C35H37N5O4S/c1-20-34(45-21(2)37-20)28-11-9-23-16-25(17-27(36)32(23)38-28)33-31(22-6-4-3-5-7-22)26-10-8-24(35(42)43)18-29(26)40(33)19-30(41)39-12-14-44-15-13-39/h8-11,16-18,22H,3-7,12-15,19,36H2,1-2H3,(H,42,43). The normalized spacial score (nSPS) is 16.1. The number of ether oxygens (including phenoxy) is 1. The van der Waals surface area contributed by atoms with Crippen molar-refractivity contribution < 1.29 is 19.4 Å². The highest BCUT2D eigenvalue weighted by Gasteiger charge is 2.29. The average Bonchev–Trinajstić information content (AvgIpc) is 3.56. The van der Waals surface area contributed by atoms with Gasteiger partial charge in [0, 0.05) is 29.4 Å². The summed E-state index contributed by atoms with van der Waals surface area (Å²) in [5, 5.41) is 12.8. The first kappa shape index (κ1) is 29.4. The molecule has 9 nitrogen and oxygen atoms in total. The maximum absolute atomic E-state index is 13.8. The molecule has 0 unspecified atom stereocenters. The second kappa shape index (κ2) is 11.9. The lowest BCUT2D eigenvalue weighted by Crippen LogP contribution is -2.42. The van der Waals surface area contributed by atoms with Gasteiger partial charge in [-0.05, 0) is 68.5 Å². The van der Waals surface area contributed by atoms with Crippen LogP contribution in [0.1, 0.15) is 64.6 Å². The zero-order chi connectivity index (χ0) is 31.2. The van der Waals surface area contributed by atoms with Crippen LogP contribution >= 0.6 is 11.3 Å². The Balaban J connectivity index is 1.44. The van der Waals surface area contributed by atoms with Gasteiger partial charge in [-0.3, -0.25) is 4.79 Å². The number of hydrogen-bond donors (Lipinski definition) is 2. The molecule has 3 aromatic heterocycles. The number of carboxylic acid groups (broad SMARTS) is 1. The van der Waals surface area contributed by atoms with Crippen molar-refractivity contribution in [2.75, 3.05) is 32.0 Å². The zero-order valence-corrected chi connectivity index (χ0v) is 26.5. The monoisotopic (exact) mass is 623 g/mol. The third-order valence-electron chi connectivity index (χ3n) is 9.25. The van der Waals surface area contributed by atoms with E-state index in [9.17, 15) is 14.7 Å². The topological polar surface area (TPSA) is 124 Å². The Bertz CT molecular complexity index is 1950. The van der Waals surface area contributed by atoms with Gasteiger partial charge in [-0.2, -0.15) is 0 Å². The fourth-order valence-corrected chi connectivity index (χ4v) is 8.02. The fraction of sp³-hybridized carbons (Fsp3) is 0.371. The molecule has 4 heterocycles. The third-order valence-corrected chi connectivity index (χ3v) is 10.3. The molecule has 0 spiro atoms. The van der Waals surface area contributed by atoms with Gasteiger partial charge in [-0.25, -0.2) is 14.8 Å². The molecule has 0 atom stereocenters. The number of aryl methyl sites for hydroxylation is 2. The number of thiazole rings is 1. The molecule has 1 amide bonds. The van der Waals surface area contributed by atoms with Gasteiger partial charge in [0.05, 0.1) is 62.5 Å². The van der Waals surface area contributed by atoms with Crippen molar-refractivity contribution >= 4 is 50.7 Å². The maximum atomic E-state index is 13.8. The number of nitrogens with zero attached hydrogens (tertiary/aromatic N) is 4. The summed E-state index contributed by atoms with van der Waals surface area (Å²) in [4.78, 5) is 38.3. The van der Waals surface area contributed by atoms with Crippen molar-refractivity contribution in [3.05, 3.63) is 64.3 Å². The Morgan fingerprint density at radius 1 is 1.02 bits per heavy atom. The van der Waals surface area contributed by atoms with Crippen LogP contribution in [0.2, 0.25) is 0 Å². The predicted molar refractivity (Wildman–Crippen MR) is 178 cm³/mol. The van der Waals surface area contributed by atoms with E-state index >= 15 is 0 Å². The number of nitrogen functional groups attached to an aromatic ring is 1. The number of morpholine rings is 1. The van der Waals surface area contributed by atoms with Crippen LogP contribution in [0.4, 0.5) is 5.69 Å². The van der Waals surface area contributed by atoms with E-state index in [4.69, 9.17) is 15.5 Å². The molecule has 232 valence electrons. The predicted octanol–water partition coefficient (Wildman–Crippen LogP) is 6.78. The number of amides is 1. The number of anilines is 1. The van der Waals surface area contributed by atoms with Gasteiger partial charge in [-0.1, -0.05) is 31.4 Å². The molecule has 1 saturated heterocycles. The lowest BCUT2D eigenvalue weighted by atomic mass is 9.81. The SMILES string of the molecule is Cc1nc(C)c(-c2ccc3cc(-c4c(C5CCCCC5)c5ccc(C(=O)O)cc5n4CC(=O)N4CCOCC4)cc(N)c3n2)s1. The number of aromatic nitrogens is 3. The van der Waals surface area contributed by atoms with Crippen molar-refractivity contribution in [2.24, 2.45) is 0 Å². The van der Waals surface area contributed by atoms with Gasteiger partial charge >= 0.3 is 5.97 Å². The van der Waals surface area contributed by atoms with Gasteiger partial charge in [0.25, 0.3) is 0 Å². The second-order valence-electron chi connectivity index (χ2n) is 12.2. The van der Waals surface area contributed by atoms with E-state index in [-0.39, 0.29) is 18.0 Å². The number of hydrogen-bond acceptors (Lipinski definition) is 7.